The number of esters is 1. The van der Waals surface area contributed by atoms with Crippen LogP contribution >= 0.6 is 0 Å². The van der Waals surface area contributed by atoms with Crippen molar-refractivity contribution in [3.8, 4) is 16.9 Å². The van der Waals surface area contributed by atoms with Gasteiger partial charge < -0.3 is 4.74 Å². The summed E-state index contributed by atoms with van der Waals surface area (Å²) in [6.07, 6.45) is 4.83. The lowest BCUT2D eigenvalue weighted by Crippen LogP contribution is -2.03. The van der Waals surface area contributed by atoms with E-state index in [1.165, 1.54) is 6.20 Å². The molecule has 0 saturated carbocycles. The van der Waals surface area contributed by atoms with Gasteiger partial charge in [0.25, 0.3) is 0 Å². The van der Waals surface area contributed by atoms with Crippen molar-refractivity contribution in [2.75, 3.05) is 6.61 Å². The summed E-state index contributed by atoms with van der Waals surface area (Å²) in [5.74, 6) is 0.268. The predicted molar refractivity (Wildman–Crippen MR) is 82.8 cm³/mol. The first-order valence-corrected chi connectivity index (χ1v) is 7.01. The Balaban J connectivity index is 1.91. The van der Waals surface area contributed by atoms with E-state index in [9.17, 15) is 4.79 Å². The standard InChI is InChI=1S/C17H15N3O2/c1-2-22-17(21)15-11-19-20(12-15)16-10-14(8-9-18-16)13-6-4-3-5-7-13/h3-12H,2H2,1H3. The summed E-state index contributed by atoms with van der Waals surface area (Å²) in [4.78, 5) is 16.0. The summed E-state index contributed by atoms with van der Waals surface area (Å²) in [5.41, 5.74) is 2.55. The number of rotatable bonds is 4. The molecule has 0 N–H and O–H groups in total. The van der Waals surface area contributed by atoms with E-state index in [1.807, 2.05) is 42.5 Å². The molecule has 2 heterocycles. The number of nitrogens with zero attached hydrogens (tertiary/aromatic N) is 3. The molecule has 2 aromatic heterocycles. The Morgan fingerprint density at radius 3 is 2.77 bits per heavy atom. The van der Waals surface area contributed by atoms with Crippen LogP contribution in [0.3, 0.4) is 0 Å². The SMILES string of the molecule is CCOC(=O)c1cnn(-c2cc(-c3ccccc3)ccn2)c1. The summed E-state index contributed by atoms with van der Waals surface area (Å²) in [7, 11) is 0. The highest BCUT2D eigenvalue weighted by Crippen LogP contribution is 2.20. The van der Waals surface area contributed by atoms with Crippen LogP contribution in [-0.2, 0) is 4.74 Å². The van der Waals surface area contributed by atoms with Crippen molar-refractivity contribution in [1.29, 1.82) is 0 Å². The minimum Gasteiger partial charge on any atom is -0.462 e. The Morgan fingerprint density at radius 1 is 1.18 bits per heavy atom. The van der Waals surface area contributed by atoms with Crippen LogP contribution in [0.15, 0.2) is 61.1 Å². The van der Waals surface area contributed by atoms with E-state index in [-0.39, 0.29) is 5.97 Å². The first-order valence-electron chi connectivity index (χ1n) is 7.01. The van der Waals surface area contributed by atoms with Crippen molar-refractivity contribution in [3.05, 3.63) is 66.6 Å². The Hall–Kier alpha value is -2.95. The van der Waals surface area contributed by atoms with Crippen molar-refractivity contribution in [1.82, 2.24) is 14.8 Å². The molecule has 5 heteroatoms. The molecule has 0 atom stereocenters. The zero-order valence-electron chi connectivity index (χ0n) is 12.1. The van der Waals surface area contributed by atoms with Gasteiger partial charge in [-0.2, -0.15) is 5.10 Å². The summed E-state index contributed by atoms with van der Waals surface area (Å²) in [5, 5.41) is 4.18. The molecule has 1 aromatic carbocycles. The fourth-order valence-electron chi connectivity index (χ4n) is 2.12. The summed E-state index contributed by atoms with van der Waals surface area (Å²) in [6, 6.07) is 13.9. The lowest BCUT2D eigenvalue weighted by molar-refractivity contribution is 0.0526. The fraction of sp³-hybridized carbons (Fsp3) is 0.118. The van der Waals surface area contributed by atoms with Crippen LogP contribution in [0.5, 0.6) is 0 Å². The van der Waals surface area contributed by atoms with E-state index in [1.54, 1.807) is 24.0 Å². The van der Waals surface area contributed by atoms with Crippen LogP contribution in [0.4, 0.5) is 0 Å². The van der Waals surface area contributed by atoms with Gasteiger partial charge in [0.05, 0.1) is 18.4 Å². The molecule has 0 spiro atoms. The van der Waals surface area contributed by atoms with Gasteiger partial charge in [-0.1, -0.05) is 30.3 Å². The molecule has 0 aliphatic heterocycles. The summed E-state index contributed by atoms with van der Waals surface area (Å²) in [6.45, 7) is 2.11. The molecule has 0 unspecified atom stereocenters. The quantitative estimate of drug-likeness (QED) is 0.694. The molecule has 3 rings (SSSR count). The highest BCUT2D eigenvalue weighted by atomic mass is 16.5. The fourth-order valence-corrected chi connectivity index (χ4v) is 2.12. The maximum atomic E-state index is 11.7. The van der Waals surface area contributed by atoms with Gasteiger partial charge in [-0.25, -0.2) is 14.5 Å². The van der Waals surface area contributed by atoms with Crippen molar-refractivity contribution in [2.24, 2.45) is 0 Å². The average molecular weight is 293 g/mol. The molecule has 0 fully saturated rings. The van der Waals surface area contributed by atoms with Gasteiger partial charge in [0.15, 0.2) is 5.82 Å². The van der Waals surface area contributed by atoms with Gasteiger partial charge >= 0.3 is 5.97 Å². The maximum absolute atomic E-state index is 11.7. The Morgan fingerprint density at radius 2 is 2.00 bits per heavy atom. The molecule has 110 valence electrons. The van der Waals surface area contributed by atoms with E-state index < -0.39 is 0 Å². The molecule has 5 nitrogen and oxygen atoms in total. The molecule has 0 aliphatic rings. The van der Waals surface area contributed by atoms with Gasteiger partial charge in [0, 0.05) is 12.4 Å². The van der Waals surface area contributed by atoms with Crippen molar-refractivity contribution >= 4 is 5.97 Å². The zero-order chi connectivity index (χ0) is 15.4. The van der Waals surface area contributed by atoms with Crippen LogP contribution in [0, 0.1) is 0 Å². The smallest absolute Gasteiger partial charge is 0.341 e. The third kappa shape index (κ3) is 2.88. The summed E-state index contributed by atoms with van der Waals surface area (Å²) < 4.78 is 6.53. The largest absolute Gasteiger partial charge is 0.462 e. The van der Waals surface area contributed by atoms with Gasteiger partial charge in [0.2, 0.25) is 0 Å². The third-order valence-electron chi connectivity index (χ3n) is 3.18. The van der Waals surface area contributed by atoms with Crippen molar-refractivity contribution < 1.29 is 9.53 Å². The molecule has 3 aromatic rings. The zero-order valence-corrected chi connectivity index (χ0v) is 12.1. The lowest BCUT2D eigenvalue weighted by atomic mass is 10.1. The first kappa shape index (κ1) is 14.0. The van der Waals surface area contributed by atoms with Crippen LogP contribution in [-0.4, -0.2) is 27.3 Å². The molecular weight excluding hydrogens is 278 g/mol. The van der Waals surface area contributed by atoms with E-state index in [0.717, 1.165) is 11.1 Å². The normalized spacial score (nSPS) is 10.4. The van der Waals surface area contributed by atoms with Crippen LogP contribution in [0.2, 0.25) is 0 Å². The van der Waals surface area contributed by atoms with Crippen LogP contribution in [0.25, 0.3) is 16.9 Å². The number of carbonyl (C=O) groups is 1. The van der Waals surface area contributed by atoms with Gasteiger partial charge in [-0.05, 0) is 30.2 Å². The number of hydrogen-bond acceptors (Lipinski definition) is 4. The van der Waals surface area contributed by atoms with Crippen molar-refractivity contribution in [3.63, 3.8) is 0 Å². The predicted octanol–water partition coefficient (Wildman–Crippen LogP) is 3.11. The number of aromatic nitrogens is 3. The van der Waals surface area contributed by atoms with Crippen LogP contribution < -0.4 is 0 Å². The monoisotopic (exact) mass is 293 g/mol. The lowest BCUT2D eigenvalue weighted by Gasteiger charge is -2.04. The number of hydrogen-bond donors (Lipinski definition) is 0. The second kappa shape index (κ2) is 6.22. The van der Waals surface area contributed by atoms with Gasteiger partial charge in [0.1, 0.15) is 0 Å². The highest BCUT2D eigenvalue weighted by Gasteiger charge is 2.11. The Kier molecular flexibility index (Phi) is 3.96. The van der Waals surface area contributed by atoms with Crippen LogP contribution in [0.1, 0.15) is 17.3 Å². The first-order chi connectivity index (χ1) is 10.8. The molecule has 0 saturated heterocycles. The topological polar surface area (TPSA) is 57.0 Å². The van der Waals surface area contributed by atoms with E-state index in [0.29, 0.717) is 18.0 Å². The van der Waals surface area contributed by atoms with E-state index >= 15 is 0 Å². The molecule has 0 amide bonds. The molecular formula is C17H15N3O2. The second-order valence-corrected chi connectivity index (χ2v) is 4.66. The Labute approximate surface area is 128 Å². The number of benzene rings is 1. The molecule has 0 bridgehead atoms. The van der Waals surface area contributed by atoms with E-state index in [4.69, 9.17) is 4.74 Å². The average Bonchev–Trinajstić information content (AvgIpc) is 3.06. The highest BCUT2D eigenvalue weighted by molar-refractivity contribution is 5.88. The molecule has 0 radical (unpaired) electrons. The number of pyridine rings is 1. The third-order valence-corrected chi connectivity index (χ3v) is 3.18. The second-order valence-electron chi connectivity index (χ2n) is 4.66. The maximum Gasteiger partial charge on any atom is 0.341 e. The molecule has 22 heavy (non-hydrogen) atoms. The molecule has 0 aliphatic carbocycles. The Bertz CT molecular complexity index is 781. The minimum absolute atomic E-state index is 0.339. The number of carbonyl (C=O) groups excluding carboxylic acids is 1. The summed E-state index contributed by atoms with van der Waals surface area (Å²) >= 11 is 0. The van der Waals surface area contributed by atoms with Gasteiger partial charge in [-0.15, -0.1) is 0 Å². The van der Waals surface area contributed by atoms with Gasteiger partial charge in [-0.3, -0.25) is 0 Å². The number of ether oxygens (including phenoxy) is 1. The van der Waals surface area contributed by atoms with Crippen molar-refractivity contribution in [2.45, 2.75) is 6.92 Å². The minimum atomic E-state index is -0.382. The van der Waals surface area contributed by atoms with E-state index in [2.05, 4.69) is 10.1 Å².